The van der Waals surface area contributed by atoms with Crippen LogP contribution in [0.4, 0.5) is 9.93 Å². The van der Waals surface area contributed by atoms with E-state index in [-0.39, 0.29) is 12.1 Å². The summed E-state index contributed by atoms with van der Waals surface area (Å²) in [6, 6.07) is 27.5. The van der Waals surface area contributed by atoms with Gasteiger partial charge in [0.2, 0.25) is 0 Å². The van der Waals surface area contributed by atoms with Gasteiger partial charge in [-0.3, -0.25) is 5.32 Å². The van der Waals surface area contributed by atoms with E-state index in [1.54, 1.807) is 0 Å². The number of carbonyl (C=O) groups is 1. The number of nitrogens with one attached hydrogen (secondary N) is 2. The fourth-order valence-corrected chi connectivity index (χ4v) is 4.07. The lowest BCUT2D eigenvalue weighted by Crippen LogP contribution is -2.33. The summed E-state index contributed by atoms with van der Waals surface area (Å²) >= 11 is 3.69. The minimum absolute atomic E-state index is 0.243. The predicted molar refractivity (Wildman–Crippen MR) is 127 cm³/mol. The SMILES string of the molecule is O=C(Nc1nc(-c2ccc(I)cc2)cs1)NC(c1ccccc1)c1ccccc1. The second-order valence-corrected chi connectivity index (χ2v) is 8.50. The molecule has 0 aliphatic rings. The molecular weight excluding hydrogens is 493 g/mol. The van der Waals surface area contributed by atoms with Crippen molar-refractivity contribution >= 4 is 45.1 Å². The summed E-state index contributed by atoms with van der Waals surface area (Å²) in [4.78, 5) is 17.3. The Bertz CT molecular complexity index is 1040. The molecule has 0 bridgehead atoms. The highest BCUT2D eigenvalue weighted by Crippen LogP contribution is 2.26. The molecule has 1 heterocycles. The minimum Gasteiger partial charge on any atom is -0.327 e. The van der Waals surface area contributed by atoms with Crippen LogP contribution in [0, 0.1) is 3.57 Å². The van der Waals surface area contributed by atoms with E-state index in [1.165, 1.54) is 14.9 Å². The second kappa shape index (κ2) is 9.19. The number of amides is 2. The molecule has 0 aliphatic carbocycles. The van der Waals surface area contributed by atoms with Crippen molar-refractivity contribution in [2.45, 2.75) is 6.04 Å². The lowest BCUT2D eigenvalue weighted by molar-refractivity contribution is 0.250. The highest BCUT2D eigenvalue weighted by atomic mass is 127. The third-order valence-electron chi connectivity index (χ3n) is 4.41. The van der Waals surface area contributed by atoms with Gasteiger partial charge in [-0.25, -0.2) is 9.78 Å². The summed E-state index contributed by atoms with van der Waals surface area (Å²) in [7, 11) is 0. The number of urea groups is 1. The van der Waals surface area contributed by atoms with Gasteiger partial charge in [0.05, 0.1) is 11.7 Å². The molecule has 0 unspecified atom stereocenters. The zero-order chi connectivity index (χ0) is 20.1. The van der Waals surface area contributed by atoms with Gasteiger partial charge in [-0.15, -0.1) is 11.3 Å². The van der Waals surface area contributed by atoms with Crippen molar-refractivity contribution in [3.63, 3.8) is 0 Å². The first-order chi connectivity index (χ1) is 14.2. The third kappa shape index (κ3) is 5.02. The van der Waals surface area contributed by atoms with E-state index in [4.69, 9.17) is 0 Å². The first-order valence-corrected chi connectivity index (χ1v) is 11.0. The number of nitrogens with zero attached hydrogens (tertiary/aromatic N) is 1. The Hall–Kier alpha value is -2.71. The largest absolute Gasteiger partial charge is 0.327 e. The lowest BCUT2D eigenvalue weighted by atomic mass is 9.99. The summed E-state index contributed by atoms with van der Waals surface area (Å²) in [5, 5.41) is 8.45. The van der Waals surface area contributed by atoms with Crippen LogP contribution in [0.3, 0.4) is 0 Å². The Labute approximate surface area is 187 Å². The number of carbonyl (C=O) groups excluding carboxylic acids is 1. The molecule has 144 valence electrons. The predicted octanol–water partition coefficient (Wildman–Crippen LogP) is 6.33. The Kier molecular flexibility index (Phi) is 6.21. The van der Waals surface area contributed by atoms with Crippen LogP contribution in [-0.2, 0) is 0 Å². The highest BCUT2D eigenvalue weighted by Gasteiger charge is 2.17. The Morgan fingerprint density at radius 2 is 1.45 bits per heavy atom. The summed E-state index contributed by atoms with van der Waals surface area (Å²) in [6.45, 7) is 0. The van der Waals surface area contributed by atoms with E-state index < -0.39 is 0 Å². The van der Waals surface area contributed by atoms with Gasteiger partial charge in [0.15, 0.2) is 5.13 Å². The number of hydrogen-bond donors (Lipinski definition) is 2. The molecule has 2 N–H and O–H groups in total. The molecule has 29 heavy (non-hydrogen) atoms. The van der Waals surface area contributed by atoms with Crippen molar-refractivity contribution in [2.75, 3.05) is 5.32 Å². The molecule has 0 spiro atoms. The van der Waals surface area contributed by atoms with Crippen molar-refractivity contribution in [1.29, 1.82) is 0 Å². The van der Waals surface area contributed by atoms with Crippen LogP contribution >= 0.6 is 33.9 Å². The van der Waals surface area contributed by atoms with Gasteiger partial charge in [0.1, 0.15) is 0 Å². The van der Waals surface area contributed by atoms with Crippen LogP contribution in [0.25, 0.3) is 11.3 Å². The average Bonchev–Trinajstić information content (AvgIpc) is 3.22. The first kappa shape index (κ1) is 19.6. The minimum atomic E-state index is -0.286. The number of halogens is 1. The maximum Gasteiger partial charge on any atom is 0.321 e. The van der Waals surface area contributed by atoms with Crippen molar-refractivity contribution in [3.05, 3.63) is 105 Å². The van der Waals surface area contributed by atoms with Crippen LogP contribution in [0.15, 0.2) is 90.3 Å². The first-order valence-electron chi connectivity index (χ1n) is 9.08. The molecule has 0 fully saturated rings. The molecule has 0 atom stereocenters. The van der Waals surface area contributed by atoms with Gasteiger partial charge in [-0.1, -0.05) is 72.8 Å². The maximum absolute atomic E-state index is 12.7. The second-order valence-electron chi connectivity index (χ2n) is 6.40. The Morgan fingerprint density at radius 1 is 0.862 bits per heavy atom. The summed E-state index contributed by atoms with van der Waals surface area (Å²) in [5.74, 6) is 0. The van der Waals surface area contributed by atoms with Gasteiger partial charge in [0, 0.05) is 14.5 Å². The van der Waals surface area contributed by atoms with Crippen LogP contribution in [0.1, 0.15) is 17.2 Å². The van der Waals surface area contributed by atoms with Gasteiger partial charge < -0.3 is 5.32 Å². The van der Waals surface area contributed by atoms with E-state index >= 15 is 0 Å². The normalized spacial score (nSPS) is 10.7. The van der Waals surface area contributed by atoms with Crippen molar-refractivity contribution in [2.24, 2.45) is 0 Å². The van der Waals surface area contributed by atoms with Crippen LogP contribution in [0.5, 0.6) is 0 Å². The van der Waals surface area contributed by atoms with Crippen LogP contribution in [-0.4, -0.2) is 11.0 Å². The van der Waals surface area contributed by atoms with E-state index in [9.17, 15) is 4.79 Å². The van der Waals surface area contributed by atoms with Crippen LogP contribution in [0.2, 0.25) is 0 Å². The zero-order valence-corrected chi connectivity index (χ0v) is 18.4. The molecule has 2 amide bonds. The molecule has 0 saturated carbocycles. The van der Waals surface area contributed by atoms with Gasteiger partial charge in [0.25, 0.3) is 0 Å². The quantitative estimate of drug-likeness (QED) is 0.308. The molecule has 4 rings (SSSR count). The molecule has 4 aromatic rings. The van der Waals surface area contributed by atoms with Gasteiger partial charge in [-0.2, -0.15) is 0 Å². The topological polar surface area (TPSA) is 54.0 Å². The van der Waals surface area contributed by atoms with Gasteiger partial charge >= 0.3 is 6.03 Å². The summed E-state index contributed by atoms with van der Waals surface area (Å²) in [6.07, 6.45) is 0. The maximum atomic E-state index is 12.7. The molecular formula is C23H18IN3OS. The zero-order valence-electron chi connectivity index (χ0n) is 15.4. The monoisotopic (exact) mass is 511 g/mol. The fraction of sp³-hybridized carbons (Fsp3) is 0.0435. The standard InChI is InChI=1S/C23H18IN3OS/c24-19-13-11-16(12-14-19)20-15-29-23(25-20)27-22(28)26-21(17-7-3-1-4-8-17)18-9-5-2-6-10-18/h1-15,21H,(H2,25,26,27,28). The summed E-state index contributed by atoms with van der Waals surface area (Å²) < 4.78 is 1.17. The molecule has 6 heteroatoms. The number of rotatable bonds is 5. The van der Waals surface area contributed by atoms with Crippen molar-refractivity contribution in [3.8, 4) is 11.3 Å². The number of anilines is 1. The molecule has 3 aromatic carbocycles. The molecule has 0 saturated heterocycles. The molecule has 0 radical (unpaired) electrons. The molecule has 1 aromatic heterocycles. The van der Waals surface area contributed by atoms with E-state index in [0.29, 0.717) is 5.13 Å². The van der Waals surface area contributed by atoms with Crippen molar-refractivity contribution in [1.82, 2.24) is 10.3 Å². The number of aromatic nitrogens is 1. The van der Waals surface area contributed by atoms with Gasteiger partial charge in [-0.05, 0) is 45.9 Å². The number of benzene rings is 3. The molecule has 0 aliphatic heterocycles. The van der Waals surface area contributed by atoms with E-state index in [0.717, 1.165) is 22.4 Å². The third-order valence-corrected chi connectivity index (χ3v) is 5.88. The smallest absolute Gasteiger partial charge is 0.321 e. The fourth-order valence-electron chi connectivity index (χ4n) is 3.00. The molecule has 4 nitrogen and oxygen atoms in total. The summed E-state index contributed by atoms with van der Waals surface area (Å²) in [5.41, 5.74) is 3.92. The van der Waals surface area contributed by atoms with Crippen molar-refractivity contribution < 1.29 is 4.79 Å². The van der Waals surface area contributed by atoms with Crippen LogP contribution < -0.4 is 10.6 Å². The Morgan fingerprint density at radius 3 is 2.03 bits per heavy atom. The highest BCUT2D eigenvalue weighted by molar-refractivity contribution is 14.1. The number of thiazole rings is 1. The van der Waals surface area contributed by atoms with E-state index in [2.05, 4.69) is 38.2 Å². The van der Waals surface area contributed by atoms with E-state index in [1.807, 2.05) is 90.3 Å². The number of hydrogen-bond acceptors (Lipinski definition) is 3. The average molecular weight is 511 g/mol. The Balaban J connectivity index is 1.49. The lowest BCUT2D eigenvalue weighted by Gasteiger charge is -2.19.